The second-order valence-corrected chi connectivity index (χ2v) is 3.77. The molecule has 1 aromatic rings. The molecule has 0 spiro atoms. The number of aromatic nitrogens is 2. The van der Waals surface area contributed by atoms with Crippen molar-refractivity contribution >= 4 is 5.82 Å². The number of nitrogens with zero attached hydrogens (tertiary/aromatic N) is 2. The molecular weight excluding hydrogens is 178 g/mol. The minimum Gasteiger partial charge on any atom is -0.384 e. The molecular formula is C10H19N3O. The van der Waals surface area contributed by atoms with Gasteiger partial charge in [-0.2, -0.15) is 5.10 Å². The fourth-order valence-electron chi connectivity index (χ4n) is 1.62. The smallest absolute Gasteiger partial charge is 0.125 e. The van der Waals surface area contributed by atoms with Gasteiger partial charge in [0.05, 0.1) is 12.3 Å². The highest BCUT2D eigenvalue weighted by atomic mass is 16.5. The highest BCUT2D eigenvalue weighted by Gasteiger charge is 2.15. The lowest BCUT2D eigenvalue weighted by atomic mass is 10.0. The molecule has 14 heavy (non-hydrogen) atoms. The minimum absolute atomic E-state index is 0.413. The first kappa shape index (κ1) is 11.0. The Hall–Kier alpha value is -1.03. The fourth-order valence-corrected chi connectivity index (χ4v) is 1.62. The molecule has 2 N–H and O–H groups in total. The summed E-state index contributed by atoms with van der Waals surface area (Å²) in [5.74, 6) is 1.18. The molecule has 80 valence electrons. The van der Waals surface area contributed by atoms with E-state index in [-0.39, 0.29) is 0 Å². The van der Waals surface area contributed by atoms with Gasteiger partial charge in [-0.3, -0.25) is 4.68 Å². The first-order valence-corrected chi connectivity index (χ1v) is 4.88. The van der Waals surface area contributed by atoms with Crippen LogP contribution in [0.2, 0.25) is 0 Å². The van der Waals surface area contributed by atoms with Gasteiger partial charge in [-0.15, -0.1) is 0 Å². The molecule has 0 aliphatic rings. The topological polar surface area (TPSA) is 53.1 Å². The van der Waals surface area contributed by atoms with E-state index in [9.17, 15) is 0 Å². The molecule has 0 amide bonds. The van der Waals surface area contributed by atoms with Gasteiger partial charge in [0.2, 0.25) is 0 Å². The number of hydrogen-bond donors (Lipinski definition) is 1. The Labute approximate surface area is 85.0 Å². The zero-order valence-corrected chi connectivity index (χ0v) is 9.37. The number of ether oxygens (including phenoxy) is 1. The molecule has 0 radical (unpaired) electrons. The van der Waals surface area contributed by atoms with Crippen molar-refractivity contribution in [2.45, 2.75) is 26.2 Å². The van der Waals surface area contributed by atoms with Gasteiger partial charge in [0.25, 0.3) is 0 Å². The van der Waals surface area contributed by atoms with Crippen molar-refractivity contribution in [2.24, 2.45) is 7.05 Å². The predicted octanol–water partition coefficient (Wildman–Crippen LogP) is 1.31. The van der Waals surface area contributed by atoms with Crippen LogP contribution in [0.5, 0.6) is 0 Å². The molecule has 1 rings (SSSR count). The van der Waals surface area contributed by atoms with Gasteiger partial charge in [-0.25, -0.2) is 0 Å². The SMILES string of the molecule is COCCc1nn(C)c(N)c1C(C)C. The van der Waals surface area contributed by atoms with Crippen molar-refractivity contribution in [1.82, 2.24) is 9.78 Å². The number of aryl methyl sites for hydroxylation is 1. The number of anilines is 1. The summed E-state index contributed by atoms with van der Waals surface area (Å²) in [6.07, 6.45) is 0.828. The average Bonchev–Trinajstić information content (AvgIpc) is 2.39. The Morgan fingerprint density at radius 3 is 2.64 bits per heavy atom. The third-order valence-corrected chi connectivity index (χ3v) is 2.33. The van der Waals surface area contributed by atoms with E-state index in [2.05, 4.69) is 18.9 Å². The van der Waals surface area contributed by atoms with E-state index in [1.807, 2.05) is 7.05 Å². The third-order valence-electron chi connectivity index (χ3n) is 2.33. The molecule has 0 bridgehead atoms. The molecule has 1 heterocycles. The zero-order chi connectivity index (χ0) is 10.7. The molecule has 0 saturated carbocycles. The van der Waals surface area contributed by atoms with Gasteiger partial charge in [-0.1, -0.05) is 13.8 Å². The van der Waals surface area contributed by atoms with Crippen LogP contribution in [0, 0.1) is 0 Å². The Morgan fingerprint density at radius 1 is 1.50 bits per heavy atom. The van der Waals surface area contributed by atoms with Crippen molar-refractivity contribution in [1.29, 1.82) is 0 Å². The molecule has 4 heteroatoms. The normalized spacial score (nSPS) is 11.2. The number of rotatable bonds is 4. The number of hydrogen-bond acceptors (Lipinski definition) is 3. The molecule has 0 aliphatic carbocycles. The third kappa shape index (κ3) is 2.07. The number of methoxy groups -OCH3 is 1. The highest BCUT2D eigenvalue weighted by molar-refractivity contribution is 5.45. The van der Waals surface area contributed by atoms with E-state index in [0.29, 0.717) is 12.5 Å². The van der Waals surface area contributed by atoms with Crippen molar-refractivity contribution in [2.75, 3.05) is 19.5 Å². The van der Waals surface area contributed by atoms with Crippen molar-refractivity contribution < 1.29 is 4.74 Å². The largest absolute Gasteiger partial charge is 0.384 e. The summed E-state index contributed by atoms with van der Waals surface area (Å²) in [5, 5.41) is 4.38. The van der Waals surface area contributed by atoms with Gasteiger partial charge in [-0.05, 0) is 5.92 Å². The minimum atomic E-state index is 0.413. The predicted molar refractivity (Wildman–Crippen MR) is 57.3 cm³/mol. The monoisotopic (exact) mass is 197 g/mol. The van der Waals surface area contributed by atoms with Gasteiger partial charge in [0.15, 0.2) is 0 Å². The van der Waals surface area contributed by atoms with Crippen LogP contribution in [0.1, 0.15) is 31.0 Å². The first-order chi connectivity index (χ1) is 6.57. The van der Waals surface area contributed by atoms with E-state index in [1.54, 1.807) is 11.8 Å². The van der Waals surface area contributed by atoms with Crippen molar-refractivity contribution in [3.63, 3.8) is 0 Å². The highest BCUT2D eigenvalue weighted by Crippen LogP contribution is 2.25. The van der Waals surface area contributed by atoms with E-state index in [4.69, 9.17) is 10.5 Å². The van der Waals surface area contributed by atoms with E-state index >= 15 is 0 Å². The fraction of sp³-hybridized carbons (Fsp3) is 0.700. The quantitative estimate of drug-likeness (QED) is 0.792. The van der Waals surface area contributed by atoms with Crippen LogP contribution < -0.4 is 5.73 Å². The summed E-state index contributed by atoms with van der Waals surface area (Å²) in [6, 6.07) is 0. The zero-order valence-electron chi connectivity index (χ0n) is 9.37. The summed E-state index contributed by atoms with van der Waals surface area (Å²) in [4.78, 5) is 0. The van der Waals surface area contributed by atoms with E-state index in [0.717, 1.165) is 23.5 Å². The standard InChI is InChI=1S/C10H19N3O/c1-7(2)9-8(5-6-14-4)12-13(3)10(9)11/h7H,5-6,11H2,1-4H3. The van der Waals surface area contributed by atoms with E-state index < -0.39 is 0 Å². The lowest BCUT2D eigenvalue weighted by molar-refractivity contribution is 0.201. The maximum absolute atomic E-state index is 5.94. The average molecular weight is 197 g/mol. The Bertz CT molecular complexity index is 305. The van der Waals surface area contributed by atoms with Gasteiger partial charge >= 0.3 is 0 Å². The second kappa shape index (κ2) is 4.46. The summed E-state index contributed by atoms with van der Waals surface area (Å²) >= 11 is 0. The summed E-state index contributed by atoms with van der Waals surface area (Å²) in [7, 11) is 3.57. The van der Waals surface area contributed by atoms with E-state index in [1.165, 1.54) is 0 Å². The molecule has 1 aromatic heterocycles. The van der Waals surface area contributed by atoms with Crippen molar-refractivity contribution in [3.05, 3.63) is 11.3 Å². The molecule has 4 nitrogen and oxygen atoms in total. The van der Waals surface area contributed by atoms with Crippen LogP contribution in [-0.4, -0.2) is 23.5 Å². The summed E-state index contributed by atoms with van der Waals surface area (Å²) in [6.45, 7) is 4.95. The Morgan fingerprint density at radius 2 is 2.14 bits per heavy atom. The molecule has 0 atom stereocenters. The van der Waals surface area contributed by atoms with Crippen LogP contribution >= 0.6 is 0 Å². The van der Waals surface area contributed by atoms with Crippen LogP contribution in [0.25, 0.3) is 0 Å². The lowest BCUT2D eigenvalue weighted by Crippen LogP contribution is -2.01. The maximum Gasteiger partial charge on any atom is 0.125 e. The second-order valence-electron chi connectivity index (χ2n) is 3.77. The molecule has 0 unspecified atom stereocenters. The van der Waals surface area contributed by atoms with Gasteiger partial charge in [0, 0.05) is 26.1 Å². The van der Waals surface area contributed by atoms with Crippen LogP contribution in [0.3, 0.4) is 0 Å². The summed E-state index contributed by atoms with van der Waals surface area (Å²) in [5.41, 5.74) is 8.15. The Balaban J connectivity index is 2.96. The molecule has 0 fully saturated rings. The van der Waals surface area contributed by atoms with Crippen LogP contribution in [0.4, 0.5) is 5.82 Å². The maximum atomic E-state index is 5.94. The van der Waals surface area contributed by atoms with Crippen LogP contribution in [-0.2, 0) is 18.2 Å². The van der Waals surface area contributed by atoms with Gasteiger partial charge < -0.3 is 10.5 Å². The molecule has 0 saturated heterocycles. The number of nitrogen functional groups attached to an aromatic ring is 1. The molecule has 0 aromatic carbocycles. The first-order valence-electron chi connectivity index (χ1n) is 4.88. The van der Waals surface area contributed by atoms with Gasteiger partial charge in [0.1, 0.15) is 5.82 Å². The van der Waals surface area contributed by atoms with Crippen molar-refractivity contribution in [3.8, 4) is 0 Å². The summed E-state index contributed by atoms with van der Waals surface area (Å²) < 4.78 is 6.78. The lowest BCUT2D eigenvalue weighted by Gasteiger charge is -2.06. The Kier molecular flexibility index (Phi) is 3.52. The molecule has 0 aliphatic heterocycles. The number of nitrogens with two attached hydrogens (primary N) is 1. The van der Waals surface area contributed by atoms with Crippen LogP contribution in [0.15, 0.2) is 0 Å².